The van der Waals surface area contributed by atoms with Gasteiger partial charge in [0, 0.05) is 38.4 Å². The van der Waals surface area contributed by atoms with Crippen molar-refractivity contribution in [1.82, 2.24) is 4.57 Å². The first kappa shape index (κ1) is 37.2. The summed E-state index contributed by atoms with van der Waals surface area (Å²) in [6.45, 7) is 14.2. The van der Waals surface area contributed by atoms with Gasteiger partial charge in [-0.05, 0) is 123 Å². The second-order valence-electron chi connectivity index (χ2n) is 18.3. The highest BCUT2D eigenvalue weighted by atomic mass is 16.3. The third-order valence-electron chi connectivity index (χ3n) is 13.8. The summed E-state index contributed by atoms with van der Waals surface area (Å²) in [5.74, 6) is 0. The predicted octanol–water partition coefficient (Wildman–Crippen LogP) is 16.2. The molecule has 63 heavy (non-hydrogen) atoms. The van der Waals surface area contributed by atoms with E-state index in [1.54, 1.807) is 0 Å². The molecule has 0 radical (unpaired) electrons. The molecule has 0 saturated heterocycles. The highest BCUT2D eigenvalue weighted by molar-refractivity contribution is 6.15. The summed E-state index contributed by atoms with van der Waals surface area (Å²) in [4.78, 5) is 2.43. The summed E-state index contributed by atoms with van der Waals surface area (Å²) < 4.78 is 9.12. The number of para-hydroxylation sites is 2. The summed E-state index contributed by atoms with van der Waals surface area (Å²) in [7, 11) is 0. The average molecular weight is 811 g/mol. The third kappa shape index (κ3) is 5.59. The number of rotatable bonds is 5. The van der Waals surface area contributed by atoms with Crippen LogP contribution in [-0.2, 0) is 10.8 Å². The molecule has 2 heterocycles. The van der Waals surface area contributed by atoms with E-state index in [0.29, 0.717) is 0 Å². The standard InChI is InChI=1S/C60H46N2O/c1-38-43-19-9-12-22-49(43)59(2,3)34-16-26-52(38)62(42-30-31-45-44-20-10-13-23-50(44)60(4,5)51(45)37-42)55-25-15-27-57-58(55)48-36-40(29-33-56(48)63-57)39-28-32-54-47(35-39)46-21-11-14-24-53(46)61(54)41-17-7-6-8-18-41/h6-37H,1H2,2-5H3/b34-16-,52-26+. The normalized spacial score (nSPS) is 16.3. The smallest absolute Gasteiger partial charge is 0.137 e. The van der Waals surface area contributed by atoms with Crippen molar-refractivity contribution < 1.29 is 4.42 Å². The van der Waals surface area contributed by atoms with E-state index >= 15 is 0 Å². The quantitative estimate of drug-likeness (QED) is 0.173. The second kappa shape index (κ2) is 13.7. The van der Waals surface area contributed by atoms with Crippen molar-refractivity contribution in [2.45, 2.75) is 38.5 Å². The number of furan rings is 1. The Labute approximate surface area is 368 Å². The van der Waals surface area contributed by atoms with Gasteiger partial charge in [0.05, 0.1) is 27.8 Å². The lowest BCUT2D eigenvalue weighted by atomic mass is 9.78. The fraction of sp³-hybridized carbons (Fsp3) is 0.100. The maximum absolute atomic E-state index is 6.76. The van der Waals surface area contributed by atoms with Crippen LogP contribution in [0, 0.1) is 0 Å². The fourth-order valence-corrected chi connectivity index (χ4v) is 10.6. The zero-order valence-electron chi connectivity index (χ0n) is 36.0. The Morgan fingerprint density at radius 1 is 0.524 bits per heavy atom. The molecule has 8 aromatic carbocycles. The van der Waals surface area contributed by atoms with Crippen LogP contribution in [0.3, 0.4) is 0 Å². The molecule has 2 aromatic heterocycles. The number of hydrogen-bond donors (Lipinski definition) is 0. The first-order valence-corrected chi connectivity index (χ1v) is 21.9. The molecule has 0 spiro atoms. The Morgan fingerprint density at radius 3 is 2.05 bits per heavy atom. The number of hydrogen-bond acceptors (Lipinski definition) is 2. The van der Waals surface area contributed by atoms with Crippen LogP contribution in [0.25, 0.3) is 77.3 Å². The van der Waals surface area contributed by atoms with Crippen molar-refractivity contribution in [3.05, 3.63) is 229 Å². The van der Waals surface area contributed by atoms with Gasteiger partial charge in [-0.25, -0.2) is 0 Å². The predicted molar refractivity (Wildman–Crippen MR) is 265 cm³/mol. The highest BCUT2D eigenvalue weighted by Gasteiger charge is 2.36. The molecule has 0 bridgehead atoms. The van der Waals surface area contributed by atoms with Crippen LogP contribution in [0.15, 0.2) is 211 Å². The Balaban J connectivity index is 1.08. The number of allylic oxidation sites excluding steroid dienone is 4. The summed E-state index contributed by atoms with van der Waals surface area (Å²) in [6.07, 6.45) is 6.78. The van der Waals surface area contributed by atoms with Crippen molar-refractivity contribution in [1.29, 1.82) is 0 Å². The minimum Gasteiger partial charge on any atom is -0.456 e. The zero-order valence-corrected chi connectivity index (χ0v) is 36.0. The van der Waals surface area contributed by atoms with Gasteiger partial charge in [-0.15, -0.1) is 0 Å². The second-order valence-corrected chi connectivity index (χ2v) is 18.3. The molecule has 3 heteroatoms. The minimum absolute atomic E-state index is 0.172. The van der Waals surface area contributed by atoms with Crippen molar-refractivity contribution in [2.24, 2.45) is 0 Å². The summed E-state index contributed by atoms with van der Waals surface area (Å²) in [5, 5.41) is 4.59. The Bertz CT molecular complexity index is 3590. The number of anilines is 2. The molecule has 0 aliphatic heterocycles. The molecule has 10 aromatic rings. The van der Waals surface area contributed by atoms with E-state index < -0.39 is 0 Å². The van der Waals surface area contributed by atoms with E-state index in [1.807, 2.05) is 0 Å². The molecule has 0 N–H and O–H groups in total. The van der Waals surface area contributed by atoms with Crippen LogP contribution >= 0.6 is 0 Å². The number of aromatic nitrogens is 1. The lowest BCUT2D eigenvalue weighted by Gasteiger charge is -2.34. The maximum atomic E-state index is 6.76. The lowest BCUT2D eigenvalue weighted by Crippen LogP contribution is -2.22. The molecule has 3 nitrogen and oxygen atoms in total. The lowest BCUT2D eigenvalue weighted by molar-refractivity contribution is 0.660. The topological polar surface area (TPSA) is 21.3 Å². The number of nitrogens with zero attached hydrogens (tertiary/aromatic N) is 2. The molecular weight excluding hydrogens is 765 g/mol. The Hall–Kier alpha value is -7.62. The molecule has 0 amide bonds. The van der Waals surface area contributed by atoms with E-state index in [4.69, 9.17) is 11.0 Å². The van der Waals surface area contributed by atoms with Gasteiger partial charge >= 0.3 is 0 Å². The summed E-state index contributed by atoms with van der Waals surface area (Å²) >= 11 is 0. The number of benzene rings is 8. The third-order valence-corrected chi connectivity index (χ3v) is 13.8. The molecule has 0 fully saturated rings. The molecule has 302 valence electrons. The van der Waals surface area contributed by atoms with E-state index in [-0.39, 0.29) is 10.8 Å². The Morgan fingerprint density at radius 2 is 1.21 bits per heavy atom. The largest absolute Gasteiger partial charge is 0.456 e. The van der Waals surface area contributed by atoms with Crippen LogP contribution in [-0.4, -0.2) is 4.57 Å². The molecular formula is C60H46N2O. The van der Waals surface area contributed by atoms with Gasteiger partial charge in [0.25, 0.3) is 0 Å². The van der Waals surface area contributed by atoms with Crippen LogP contribution < -0.4 is 4.90 Å². The van der Waals surface area contributed by atoms with Crippen LogP contribution in [0.1, 0.15) is 49.9 Å². The fourth-order valence-electron chi connectivity index (χ4n) is 10.6. The van der Waals surface area contributed by atoms with Crippen LogP contribution in [0.4, 0.5) is 11.4 Å². The highest BCUT2D eigenvalue weighted by Crippen LogP contribution is 2.52. The SMILES string of the molecule is C=C1/C(N(c2ccc3c(c2)C(C)(C)c2ccccc2-3)c2cccc3oc4ccc(-c5ccc6c(c5)c5ccccc5n6-c5ccccc5)cc4c23)=C\C=C/C(C)(C)c2ccccc21. The monoisotopic (exact) mass is 810 g/mol. The van der Waals surface area contributed by atoms with Crippen LogP contribution in [0.2, 0.25) is 0 Å². The van der Waals surface area contributed by atoms with Gasteiger partial charge in [-0.2, -0.15) is 0 Å². The minimum atomic E-state index is -0.174. The summed E-state index contributed by atoms with van der Waals surface area (Å²) in [5.41, 5.74) is 18.9. The molecule has 2 aliphatic carbocycles. The number of fused-ring (bicyclic) bond motifs is 10. The maximum Gasteiger partial charge on any atom is 0.137 e. The van der Waals surface area contributed by atoms with E-state index in [1.165, 1.54) is 49.6 Å². The van der Waals surface area contributed by atoms with Gasteiger partial charge in [-0.1, -0.05) is 156 Å². The van der Waals surface area contributed by atoms with Crippen molar-refractivity contribution in [2.75, 3.05) is 4.90 Å². The summed E-state index contributed by atoms with van der Waals surface area (Å²) in [6, 6.07) is 64.0. The molecule has 12 rings (SSSR count). The van der Waals surface area contributed by atoms with Crippen molar-refractivity contribution in [3.8, 4) is 27.9 Å². The van der Waals surface area contributed by atoms with Crippen molar-refractivity contribution in [3.63, 3.8) is 0 Å². The molecule has 0 saturated carbocycles. The van der Waals surface area contributed by atoms with Gasteiger partial charge in [0.1, 0.15) is 11.2 Å². The van der Waals surface area contributed by atoms with E-state index in [2.05, 4.69) is 231 Å². The van der Waals surface area contributed by atoms with E-state index in [0.717, 1.165) is 67.0 Å². The molecule has 2 aliphatic rings. The van der Waals surface area contributed by atoms with Gasteiger partial charge in [-0.3, -0.25) is 0 Å². The van der Waals surface area contributed by atoms with Crippen molar-refractivity contribution >= 4 is 60.7 Å². The van der Waals surface area contributed by atoms with Crippen LogP contribution in [0.5, 0.6) is 0 Å². The zero-order chi connectivity index (χ0) is 42.6. The van der Waals surface area contributed by atoms with E-state index in [9.17, 15) is 0 Å². The first-order valence-electron chi connectivity index (χ1n) is 21.9. The Kier molecular flexibility index (Phi) is 8.08. The first-order chi connectivity index (χ1) is 30.7. The molecule has 0 atom stereocenters. The molecule has 0 unspecified atom stereocenters. The van der Waals surface area contributed by atoms with Gasteiger partial charge < -0.3 is 13.9 Å². The van der Waals surface area contributed by atoms with Gasteiger partial charge in [0.15, 0.2) is 0 Å². The average Bonchev–Trinajstić information content (AvgIpc) is 3.93. The van der Waals surface area contributed by atoms with Gasteiger partial charge in [0.2, 0.25) is 0 Å².